The number of nitrogens with zero attached hydrogens (tertiary/aromatic N) is 3. The van der Waals surface area contributed by atoms with Crippen LogP contribution < -0.4 is 0 Å². The molecule has 1 saturated carbocycles. The summed E-state index contributed by atoms with van der Waals surface area (Å²) in [5.41, 5.74) is 3.05. The highest BCUT2D eigenvalue weighted by molar-refractivity contribution is 6.31. The molecule has 1 aromatic carbocycles. The molecule has 2 aromatic heterocycles. The van der Waals surface area contributed by atoms with Crippen LogP contribution in [-0.4, -0.2) is 20.3 Å². The normalized spacial score (nSPS) is 15.8. The van der Waals surface area contributed by atoms with Crippen molar-refractivity contribution in [1.82, 2.24) is 20.3 Å². The molecule has 0 amide bonds. The van der Waals surface area contributed by atoms with Crippen LogP contribution in [0.3, 0.4) is 0 Å². The van der Waals surface area contributed by atoms with E-state index in [4.69, 9.17) is 16.1 Å². The van der Waals surface area contributed by atoms with Gasteiger partial charge in [0.1, 0.15) is 5.82 Å². The molecule has 3 aromatic rings. The minimum absolute atomic E-state index is 0.356. The molecule has 7 heteroatoms. The quantitative estimate of drug-likeness (QED) is 0.788. The minimum Gasteiger partial charge on any atom is -0.332 e. The Morgan fingerprint density at radius 2 is 2.09 bits per heavy atom. The Bertz CT molecular complexity index is 897. The number of hydrogen-bond acceptors (Lipinski definition) is 4. The molecule has 0 bridgehead atoms. The van der Waals surface area contributed by atoms with Crippen molar-refractivity contribution in [1.29, 1.82) is 0 Å². The second-order valence-electron chi connectivity index (χ2n) is 5.95. The fourth-order valence-electron chi connectivity index (χ4n) is 2.82. The van der Waals surface area contributed by atoms with Crippen LogP contribution in [0.5, 0.6) is 0 Å². The van der Waals surface area contributed by atoms with Crippen molar-refractivity contribution in [3.63, 3.8) is 0 Å². The van der Waals surface area contributed by atoms with Gasteiger partial charge >= 0.3 is 0 Å². The molecule has 0 aliphatic heterocycles. The maximum absolute atomic E-state index is 13.3. The van der Waals surface area contributed by atoms with E-state index in [9.17, 15) is 4.39 Å². The highest BCUT2D eigenvalue weighted by Gasteiger charge is 2.51. The third-order valence-corrected chi connectivity index (χ3v) is 4.82. The number of rotatable bonds is 3. The van der Waals surface area contributed by atoms with E-state index in [1.807, 2.05) is 13.8 Å². The predicted molar refractivity (Wildman–Crippen MR) is 82.8 cm³/mol. The number of halogens is 2. The van der Waals surface area contributed by atoms with Crippen molar-refractivity contribution in [3.8, 4) is 11.6 Å². The van der Waals surface area contributed by atoms with Gasteiger partial charge in [-0.05, 0) is 44.4 Å². The molecule has 1 N–H and O–H groups in total. The summed E-state index contributed by atoms with van der Waals surface area (Å²) in [5.74, 6) is 0.596. The number of benzene rings is 1. The molecule has 0 saturated heterocycles. The van der Waals surface area contributed by atoms with Crippen LogP contribution in [0, 0.1) is 19.7 Å². The first-order valence-electron chi connectivity index (χ1n) is 7.33. The molecule has 4 rings (SSSR count). The summed E-state index contributed by atoms with van der Waals surface area (Å²) in [6, 6.07) is 4.42. The van der Waals surface area contributed by atoms with E-state index in [0.717, 1.165) is 29.7 Å². The Labute approximate surface area is 136 Å². The standard InChI is InChI=1S/C16H14ClFN4O/c1-8-9(2)20-21-13(8)14-19-15(22-23-14)16(5-6-16)11-4-3-10(18)7-12(11)17/h3-4,7H,5-6H2,1-2H3,(H,20,21). The topological polar surface area (TPSA) is 67.6 Å². The monoisotopic (exact) mass is 332 g/mol. The summed E-state index contributed by atoms with van der Waals surface area (Å²) >= 11 is 6.21. The van der Waals surface area contributed by atoms with Crippen LogP contribution in [-0.2, 0) is 5.41 Å². The number of aromatic nitrogens is 4. The van der Waals surface area contributed by atoms with E-state index < -0.39 is 0 Å². The fraction of sp³-hybridized carbons (Fsp3) is 0.312. The predicted octanol–water partition coefficient (Wildman–Crippen LogP) is 3.95. The first-order valence-corrected chi connectivity index (χ1v) is 7.71. The van der Waals surface area contributed by atoms with Crippen LogP contribution >= 0.6 is 11.6 Å². The van der Waals surface area contributed by atoms with Crippen LogP contribution in [0.15, 0.2) is 22.7 Å². The Morgan fingerprint density at radius 3 is 2.70 bits per heavy atom. The van der Waals surface area contributed by atoms with E-state index >= 15 is 0 Å². The molecule has 1 fully saturated rings. The van der Waals surface area contributed by atoms with Gasteiger partial charge in [-0.1, -0.05) is 22.8 Å². The molecule has 0 atom stereocenters. The van der Waals surface area contributed by atoms with Gasteiger partial charge in [0.2, 0.25) is 0 Å². The van der Waals surface area contributed by atoms with Crippen molar-refractivity contribution in [2.24, 2.45) is 0 Å². The third kappa shape index (κ3) is 2.16. The smallest absolute Gasteiger partial charge is 0.278 e. The fourth-order valence-corrected chi connectivity index (χ4v) is 3.17. The van der Waals surface area contributed by atoms with Gasteiger partial charge in [-0.2, -0.15) is 10.1 Å². The second kappa shape index (κ2) is 4.89. The largest absolute Gasteiger partial charge is 0.332 e. The van der Waals surface area contributed by atoms with Gasteiger partial charge in [-0.25, -0.2) is 4.39 Å². The van der Waals surface area contributed by atoms with Crippen LogP contribution in [0.25, 0.3) is 11.6 Å². The van der Waals surface area contributed by atoms with Gasteiger partial charge in [0, 0.05) is 16.3 Å². The van der Waals surface area contributed by atoms with Crippen molar-refractivity contribution < 1.29 is 8.91 Å². The van der Waals surface area contributed by atoms with Crippen molar-refractivity contribution in [3.05, 3.63) is 51.7 Å². The molecule has 0 spiro atoms. The van der Waals surface area contributed by atoms with E-state index in [1.165, 1.54) is 12.1 Å². The lowest BCUT2D eigenvalue weighted by Crippen LogP contribution is -2.11. The summed E-state index contributed by atoms with van der Waals surface area (Å²) in [6.45, 7) is 3.88. The number of hydrogen-bond donors (Lipinski definition) is 1. The first-order chi connectivity index (χ1) is 11.0. The lowest BCUT2D eigenvalue weighted by atomic mass is 9.95. The molecular weight excluding hydrogens is 319 g/mol. The first kappa shape index (κ1) is 14.4. The summed E-state index contributed by atoms with van der Waals surface area (Å²) in [7, 11) is 0. The maximum Gasteiger partial charge on any atom is 0.278 e. The molecule has 23 heavy (non-hydrogen) atoms. The average molecular weight is 333 g/mol. The van der Waals surface area contributed by atoms with Gasteiger partial charge in [0.25, 0.3) is 5.89 Å². The van der Waals surface area contributed by atoms with Gasteiger partial charge in [0.05, 0.1) is 5.41 Å². The molecule has 0 radical (unpaired) electrons. The second-order valence-corrected chi connectivity index (χ2v) is 6.36. The van der Waals surface area contributed by atoms with Gasteiger partial charge in [-0.3, -0.25) is 5.10 Å². The van der Waals surface area contributed by atoms with Crippen LogP contribution in [0.4, 0.5) is 4.39 Å². The Hall–Kier alpha value is -2.21. The molecule has 2 heterocycles. The van der Waals surface area contributed by atoms with E-state index in [0.29, 0.717) is 22.4 Å². The SMILES string of the molecule is Cc1[nH]nc(-c2nc(C3(c4ccc(F)cc4Cl)CC3)no2)c1C. The van der Waals surface area contributed by atoms with Crippen molar-refractivity contribution in [2.45, 2.75) is 32.1 Å². The van der Waals surface area contributed by atoms with Crippen LogP contribution in [0.1, 0.15) is 35.5 Å². The number of H-pyrrole nitrogens is 1. The average Bonchev–Trinajstić information content (AvgIpc) is 3.03. The summed E-state index contributed by atoms with van der Waals surface area (Å²) in [5, 5.41) is 11.6. The Morgan fingerprint density at radius 1 is 1.30 bits per heavy atom. The number of nitrogens with one attached hydrogen (secondary N) is 1. The zero-order chi connectivity index (χ0) is 16.2. The molecular formula is C16H14ClFN4O. The number of aromatic amines is 1. The van der Waals surface area contributed by atoms with Crippen LogP contribution in [0.2, 0.25) is 5.02 Å². The highest BCUT2D eigenvalue weighted by atomic mass is 35.5. The number of aryl methyl sites for hydroxylation is 1. The zero-order valence-electron chi connectivity index (χ0n) is 12.7. The third-order valence-electron chi connectivity index (χ3n) is 4.51. The summed E-state index contributed by atoms with van der Waals surface area (Å²) < 4.78 is 18.7. The van der Waals surface area contributed by atoms with Gasteiger partial charge in [-0.15, -0.1) is 0 Å². The lowest BCUT2D eigenvalue weighted by molar-refractivity contribution is 0.416. The highest BCUT2D eigenvalue weighted by Crippen LogP contribution is 2.54. The van der Waals surface area contributed by atoms with Crippen molar-refractivity contribution >= 4 is 11.6 Å². The van der Waals surface area contributed by atoms with Gasteiger partial charge < -0.3 is 4.52 Å². The van der Waals surface area contributed by atoms with Crippen molar-refractivity contribution in [2.75, 3.05) is 0 Å². The van der Waals surface area contributed by atoms with E-state index in [2.05, 4.69) is 20.3 Å². The summed E-state index contributed by atoms with van der Waals surface area (Å²) in [6.07, 6.45) is 1.71. The Kier molecular flexibility index (Phi) is 3.06. The summed E-state index contributed by atoms with van der Waals surface area (Å²) in [4.78, 5) is 4.52. The Balaban J connectivity index is 1.75. The zero-order valence-corrected chi connectivity index (χ0v) is 13.4. The van der Waals surface area contributed by atoms with E-state index in [-0.39, 0.29) is 11.2 Å². The molecule has 5 nitrogen and oxygen atoms in total. The molecule has 1 aliphatic carbocycles. The molecule has 1 aliphatic rings. The van der Waals surface area contributed by atoms with Gasteiger partial charge in [0.15, 0.2) is 11.5 Å². The lowest BCUT2D eigenvalue weighted by Gasteiger charge is -2.12. The maximum atomic E-state index is 13.3. The molecule has 118 valence electrons. The van der Waals surface area contributed by atoms with E-state index in [1.54, 1.807) is 6.07 Å². The molecule has 0 unspecified atom stereocenters. The minimum atomic E-state index is -0.383.